The number of carbonyl (C=O) groups is 1. The van der Waals surface area contributed by atoms with E-state index in [1.165, 1.54) is 0 Å². The van der Waals surface area contributed by atoms with Crippen LogP contribution in [0.5, 0.6) is 11.5 Å². The zero-order valence-corrected chi connectivity index (χ0v) is 12.0. The van der Waals surface area contributed by atoms with Gasteiger partial charge in [0.25, 0.3) is 0 Å². The second-order valence-electron chi connectivity index (χ2n) is 5.08. The number of nitrogens with zero attached hydrogens (tertiary/aromatic N) is 1. The minimum absolute atomic E-state index is 0.0110. The van der Waals surface area contributed by atoms with Crippen LogP contribution in [0, 0.1) is 5.92 Å². The number of carbonyl (C=O) groups excluding carboxylic acids is 1. The van der Waals surface area contributed by atoms with Crippen molar-refractivity contribution in [2.45, 2.75) is 26.7 Å². The molecule has 0 fully saturated rings. The summed E-state index contributed by atoms with van der Waals surface area (Å²) in [7, 11) is 3.27. The Morgan fingerprint density at radius 2 is 2.00 bits per heavy atom. The lowest BCUT2D eigenvalue weighted by Gasteiger charge is -2.32. The largest absolute Gasteiger partial charge is 0.497 e. The van der Waals surface area contributed by atoms with Gasteiger partial charge in [0.2, 0.25) is 5.91 Å². The number of hydrogen-bond acceptors (Lipinski definition) is 3. The van der Waals surface area contributed by atoms with Crippen LogP contribution in [-0.2, 0) is 11.2 Å². The Balaban J connectivity index is 2.50. The number of ether oxygens (including phenoxy) is 2. The first-order chi connectivity index (χ1) is 9.08. The van der Waals surface area contributed by atoms with Crippen molar-refractivity contribution >= 4 is 11.6 Å². The molecule has 1 heterocycles. The predicted octanol–water partition coefficient (Wildman–Crippen LogP) is 2.64. The van der Waals surface area contributed by atoms with Gasteiger partial charge in [-0.1, -0.05) is 13.8 Å². The summed E-state index contributed by atoms with van der Waals surface area (Å²) < 4.78 is 10.7. The zero-order valence-electron chi connectivity index (χ0n) is 12.0. The van der Waals surface area contributed by atoms with Crippen molar-refractivity contribution in [3.05, 3.63) is 17.7 Å². The number of fused-ring (bicyclic) bond motifs is 1. The number of anilines is 1. The summed E-state index contributed by atoms with van der Waals surface area (Å²) in [5, 5.41) is 0. The molecular formula is C15H21NO3. The van der Waals surface area contributed by atoms with E-state index in [1.54, 1.807) is 14.2 Å². The molecule has 0 saturated heterocycles. The number of amides is 1. The lowest BCUT2D eigenvalue weighted by molar-refractivity contribution is -0.121. The Labute approximate surface area is 114 Å². The second kappa shape index (κ2) is 5.51. The number of methoxy groups -OCH3 is 2. The summed E-state index contributed by atoms with van der Waals surface area (Å²) in [6.45, 7) is 4.61. The van der Waals surface area contributed by atoms with Crippen LogP contribution in [0.3, 0.4) is 0 Å². The highest BCUT2D eigenvalue weighted by Gasteiger charge is 2.27. The molecule has 1 aromatic rings. The molecule has 1 aliphatic rings. The Morgan fingerprint density at radius 1 is 1.26 bits per heavy atom. The van der Waals surface area contributed by atoms with Gasteiger partial charge in [-0.15, -0.1) is 0 Å². The minimum atomic E-state index is -0.0110. The summed E-state index contributed by atoms with van der Waals surface area (Å²) >= 11 is 0. The standard InChI is InChI=1S/C15H21NO3/c1-10(2)15(17)16-7-5-6-12-13(16)8-11(18-3)9-14(12)19-4/h8-10H,5-7H2,1-4H3. The smallest absolute Gasteiger partial charge is 0.229 e. The average molecular weight is 263 g/mol. The Kier molecular flexibility index (Phi) is 3.98. The normalized spacial score (nSPS) is 14.3. The molecule has 4 nitrogen and oxygen atoms in total. The van der Waals surface area contributed by atoms with E-state index in [1.807, 2.05) is 30.9 Å². The van der Waals surface area contributed by atoms with Crippen LogP contribution in [0.2, 0.25) is 0 Å². The maximum absolute atomic E-state index is 12.3. The highest BCUT2D eigenvalue weighted by molar-refractivity contribution is 5.96. The third-order valence-corrected chi connectivity index (χ3v) is 3.47. The predicted molar refractivity (Wildman–Crippen MR) is 75.1 cm³/mol. The first kappa shape index (κ1) is 13.7. The fourth-order valence-electron chi connectivity index (χ4n) is 2.47. The Morgan fingerprint density at radius 3 is 2.58 bits per heavy atom. The fraction of sp³-hybridized carbons (Fsp3) is 0.533. The van der Waals surface area contributed by atoms with Crippen molar-refractivity contribution in [3.63, 3.8) is 0 Å². The lowest BCUT2D eigenvalue weighted by Crippen LogP contribution is -2.38. The summed E-state index contributed by atoms with van der Waals surface area (Å²) in [5.41, 5.74) is 2.03. The van der Waals surface area contributed by atoms with Crippen molar-refractivity contribution in [2.24, 2.45) is 5.92 Å². The molecule has 0 atom stereocenters. The van der Waals surface area contributed by atoms with Gasteiger partial charge in [0.05, 0.1) is 19.9 Å². The monoisotopic (exact) mass is 263 g/mol. The molecule has 4 heteroatoms. The van der Waals surface area contributed by atoms with Gasteiger partial charge >= 0.3 is 0 Å². The molecule has 19 heavy (non-hydrogen) atoms. The molecule has 0 aromatic heterocycles. The van der Waals surface area contributed by atoms with Gasteiger partial charge in [-0.25, -0.2) is 0 Å². The summed E-state index contributed by atoms with van der Waals surface area (Å²) in [4.78, 5) is 14.2. The second-order valence-corrected chi connectivity index (χ2v) is 5.08. The Bertz CT molecular complexity index is 483. The van der Waals surface area contributed by atoms with Gasteiger partial charge in [-0.3, -0.25) is 4.79 Å². The first-order valence-electron chi connectivity index (χ1n) is 6.64. The minimum Gasteiger partial charge on any atom is -0.497 e. The summed E-state index contributed by atoms with van der Waals surface area (Å²) in [5.74, 6) is 1.66. The van der Waals surface area contributed by atoms with Gasteiger partial charge < -0.3 is 14.4 Å². The zero-order chi connectivity index (χ0) is 14.0. The molecule has 1 amide bonds. The SMILES string of the molecule is COc1cc(OC)c2c(c1)N(C(=O)C(C)C)CCC2. The van der Waals surface area contributed by atoms with E-state index in [2.05, 4.69) is 0 Å². The van der Waals surface area contributed by atoms with Gasteiger partial charge in [0.1, 0.15) is 11.5 Å². The molecule has 0 unspecified atom stereocenters. The molecule has 1 aliphatic heterocycles. The van der Waals surface area contributed by atoms with E-state index in [9.17, 15) is 4.79 Å². The van der Waals surface area contributed by atoms with E-state index in [0.29, 0.717) is 0 Å². The highest BCUT2D eigenvalue weighted by atomic mass is 16.5. The fourth-order valence-corrected chi connectivity index (χ4v) is 2.47. The molecule has 0 bridgehead atoms. The van der Waals surface area contributed by atoms with Crippen molar-refractivity contribution in [2.75, 3.05) is 25.7 Å². The third-order valence-electron chi connectivity index (χ3n) is 3.47. The lowest BCUT2D eigenvalue weighted by atomic mass is 9.98. The number of hydrogen-bond donors (Lipinski definition) is 0. The number of benzene rings is 1. The van der Waals surface area contributed by atoms with Gasteiger partial charge in [0.15, 0.2) is 0 Å². The molecule has 104 valence electrons. The maximum Gasteiger partial charge on any atom is 0.229 e. The van der Waals surface area contributed by atoms with E-state index >= 15 is 0 Å². The third kappa shape index (κ3) is 2.53. The van der Waals surface area contributed by atoms with Crippen LogP contribution in [0.1, 0.15) is 25.8 Å². The molecule has 0 N–H and O–H groups in total. The molecule has 0 aliphatic carbocycles. The Hall–Kier alpha value is -1.71. The molecule has 1 aromatic carbocycles. The summed E-state index contributed by atoms with van der Waals surface area (Å²) in [6.07, 6.45) is 1.90. The number of rotatable bonds is 3. The molecule has 0 radical (unpaired) electrons. The highest BCUT2D eigenvalue weighted by Crippen LogP contribution is 2.38. The van der Waals surface area contributed by atoms with Crippen molar-refractivity contribution in [3.8, 4) is 11.5 Å². The van der Waals surface area contributed by atoms with Gasteiger partial charge in [-0.05, 0) is 12.8 Å². The first-order valence-corrected chi connectivity index (χ1v) is 6.64. The van der Waals surface area contributed by atoms with Crippen LogP contribution in [0.25, 0.3) is 0 Å². The quantitative estimate of drug-likeness (QED) is 0.841. The van der Waals surface area contributed by atoms with Crippen molar-refractivity contribution in [1.82, 2.24) is 0 Å². The van der Waals surface area contributed by atoms with Gasteiger partial charge in [0, 0.05) is 30.2 Å². The van der Waals surface area contributed by atoms with Crippen LogP contribution in [0.4, 0.5) is 5.69 Å². The molecule has 0 saturated carbocycles. The molecular weight excluding hydrogens is 242 g/mol. The topological polar surface area (TPSA) is 38.8 Å². The molecule has 2 rings (SSSR count). The summed E-state index contributed by atoms with van der Waals surface area (Å²) in [6, 6.07) is 3.81. The van der Waals surface area contributed by atoms with Crippen molar-refractivity contribution < 1.29 is 14.3 Å². The van der Waals surface area contributed by atoms with E-state index < -0.39 is 0 Å². The van der Waals surface area contributed by atoms with E-state index in [-0.39, 0.29) is 11.8 Å². The van der Waals surface area contributed by atoms with Crippen molar-refractivity contribution in [1.29, 1.82) is 0 Å². The van der Waals surface area contributed by atoms with E-state index in [4.69, 9.17) is 9.47 Å². The maximum atomic E-state index is 12.3. The molecule has 0 spiro atoms. The average Bonchev–Trinajstić information content (AvgIpc) is 2.44. The van der Waals surface area contributed by atoms with Crippen LogP contribution in [-0.4, -0.2) is 26.7 Å². The van der Waals surface area contributed by atoms with Gasteiger partial charge in [-0.2, -0.15) is 0 Å². The van der Waals surface area contributed by atoms with Crippen LogP contribution < -0.4 is 14.4 Å². The van der Waals surface area contributed by atoms with Crippen LogP contribution in [0.15, 0.2) is 12.1 Å². The van der Waals surface area contributed by atoms with Crippen LogP contribution >= 0.6 is 0 Å². The van der Waals surface area contributed by atoms with E-state index in [0.717, 1.165) is 42.1 Å².